The number of hydrogen-bond donors (Lipinski definition) is 1. The summed E-state index contributed by atoms with van der Waals surface area (Å²) in [5.74, 6) is -0.0372. The Morgan fingerprint density at radius 3 is 2.69 bits per heavy atom. The van der Waals surface area contributed by atoms with Gasteiger partial charge < -0.3 is 5.32 Å². The average Bonchev–Trinajstić information content (AvgIpc) is 3.25. The fraction of sp³-hybridized carbons (Fsp3) is 0.263. The Kier molecular flexibility index (Phi) is 6.11. The number of aryl methyl sites for hydroxylation is 2. The molecule has 1 N–H and O–H groups in total. The predicted octanol–water partition coefficient (Wildman–Crippen LogP) is 4.20. The van der Waals surface area contributed by atoms with E-state index in [0.717, 1.165) is 21.2 Å². The third kappa shape index (κ3) is 4.74. The second kappa shape index (κ2) is 8.51. The van der Waals surface area contributed by atoms with Crippen LogP contribution in [-0.4, -0.2) is 28.0 Å². The lowest BCUT2D eigenvalue weighted by Gasteiger charge is -2.19. The number of thioether (sulfide) groups is 1. The first-order valence-corrected chi connectivity index (χ1v) is 10.1. The highest BCUT2D eigenvalue weighted by Gasteiger charge is 2.19. The van der Waals surface area contributed by atoms with Crippen LogP contribution in [-0.2, 0) is 4.79 Å². The first-order valence-electron chi connectivity index (χ1n) is 8.24. The number of halogens is 1. The summed E-state index contributed by atoms with van der Waals surface area (Å²) in [6.45, 7) is 4.46. The molecule has 2 aromatic heterocycles. The van der Waals surface area contributed by atoms with Crippen LogP contribution >= 0.6 is 23.1 Å². The van der Waals surface area contributed by atoms with Gasteiger partial charge in [-0.3, -0.25) is 9.48 Å². The van der Waals surface area contributed by atoms with E-state index in [2.05, 4.69) is 16.5 Å². The minimum Gasteiger partial charge on any atom is -0.353 e. The number of hydrogen-bond acceptors (Lipinski definition) is 4. The highest BCUT2D eigenvalue weighted by molar-refractivity contribution is 8.00. The third-order valence-electron chi connectivity index (χ3n) is 3.89. The van der Waals surface area contributed by atoms with E-state index < -0.39 is 0 Å². The number of aromatic nitrogens is 2. The predicted molar refractivity (Wildman–Crippen MR) is 104 cm³/mol. The summed E-state index contributed by atoms with van der Waals surface area (Å²) in [6, 6.07) is 12.2. The molecule has 0 aliphatic carbocycles. The van der Waals surface area contributed by atoms with Gasteiger partial charge in [-0.1, -0.05) is 6.07 Å². The fourth-order valence-electron chi connectivity index (χ4n) is 2.69. The summed E-state index contributed by atoms with van der Waals surface area (Å²) >= 11 is 3.05. The van der Waals surface area contributed by atoms with Gasteiger partial charge in [0.25, 0.3) is 0 Å². The first-order chi connectivity index (χ1) is 12.5. The van der Waals surface area contributed by atoms with Crippen molar-refractivity contribution in [1.82, 2.24) is 15.1 Å². The van der Waals surface area contributed by atoms with Crippen molar-refractivity contribution in [2.45, 2.75) is 24.8 Å². The van der Waals surface area contributed by atoms with Crippen molar-refractivity contribution in [2.24, 2.45) is 0 Å². The molecular weight excluding hydrogens is 369 g/mol. The van der Waals surface area contributed by atoms with Gasteiger partial charge in [-0.25, -0.2) is 4.39 Å². The van der Waals surface area contributed by atoms with E-state index >= 15 is 0 Å². The summed E-state index contributed by atoms with van der Waals surface area (Å²) in [7, 11) is 0. The molecule has 0 aliphatic heterocycles. The Bertz CT molecular complexity index is 860. The second-order valence-electron chi connectivity index (χ2n) is 5.95. The van der Waals surface area contributed by atoms with E-state index in [1.54, 1.807) is 23.5 Å². The molecule has 7 heteroatoms. The van der Waals surface area contributed by atoms with Crippen molar-refractivity contribution < 1.29 is 9.18 Å². The molecule has 3 rings (SSSR count). The number of thiophene rings is 1. The minimum absolute atomic E-state index is 0.0246. The summed E-state index contributed by atoms with van der Waals surface area (Å²) in [5.41, 5.74) is 2.03. The third-order valence-corrected chi connectivity index (χ3v) is 5.87. The van der Waals surface area contributed by atoms with Crippen LogP contribution in [0.5, 0.6) is 0 Å². The summed E-state index contributed by atoms with van der Waals surface area (Å²) in [4.78, 5) is 14.3. The number of nitrogens with one attached hydrogen (secondary N) is 1. The molecule has 2 heterocycles. The highest BCUT2D eigenvalue weighted by atomic mass is 32.2. The van der Waals surface area contributed by atoms with E-state index in [1.165, 1.54) is 23.9 Å². The maximum atomic E-state index is 12.9. The Morgan fingerprint density at radius 2 is 2.08 bits per heavy atom. The topological polar surface area (TPSA) is 46.9 Å². The fourth-order valence-corrected chi connectivity index (χ4v) is 4.23. The molecule has 0 saturated carbocycles. The number of carbonyl (C=O) groups is 1. The van der Waals surface area contributed by atoms with Crippen LogP contribution in [0.15, 0.2) is 52.7 Å². The Hall–Kier alpha value is -2.12. The van der Waals surface area contributed by atoms with Gasteiger partial charge in [0.2, 0.25) is 5.91 Å². The van der Waals surface area contributed by atoms with Gasteiger partial charge in [0.1, 0.15) is 11.9 Å². The molecule has 3 aromatic rings. The summed E-state index contributed by atoms with van der Waals surface area (Å²) < 4.78 is 14.9. The molecule has 4 nitrogen and oxygen atoms in total. The molecular formula is C19H20FN3OS2. The number of rotatable bonds is 7. The zero-order valence-electron chi connectivity index (χ0n) is 14.6. The van der Waals surface area contributed by atoms with Gasteiger partial charge in [0.15, 0.2) is 0 Å². The Balaban J connectivity index is 1.61. The van der Waals surface area contributed by atoms with Crippen molar-refractivity contribution in [1.29, 1.82) is 0 Å². The van der Waals surface area contributed by atoms with Crippen LogP contribution in [0.4, 0.5) is 4.39 Å². The first kappa shape index (κ1) is 18.7. The quantitative estimate of drug-likeness (QED) is 0.616. The van der Waals surface area contributed by atoms with Crippen LogP contribution < -0.4 is 5.32 Å². The molecule has 26 heavy (non-hydrogen) atoms. The van der Waals surface area contributed by atoms with Gasteiger partial charge in [-0.05, 0) is 55.6 Å². The maximum Gasteiger partial charge on any atom is 0.230 e. The Morgan fingerprint density at radius 1 is 1.31 bits per heavy atom. The van der Waals surface area contributed by atoms with E-state index in [4.69, 9.17) is 0 Å². The SMILES string of the molecule is Cc1cc(C)n(C(CNC(=O)CSc2ccc(F)cc2)c2cccs2)n1. The maximum absolute atomic E-state index is 12.9. The number of benzene rings is 1. The standard InChI is InChI=1S/C19H20FN3OS2/c1-13-10-14(2)23(22-13)17(18-4-3-9-25-18)11-21-19(24)12-26-16-7-5-15(20)6-8-16/h3-10,17H,11-12H2,1-2H3,(H,21,24). The summed E-state index contributed by atoms with van der Waals surface area (Å²) in [6.07, 6.45) is 0. The van der Waals surface area contributed by atoms with Crippen LogP contribution in [0.3, 0.4) is 0 Å². The van der Waals surface area contributed by atoms with Crippen LogP contribution in [0.25, 0.3) is 0 Å². The monoisotopic (exact) mass is 389 g/mol. The van der Waals surface area contributed by atoms with Gasteiger partial charge in [0.05, 0.1) is 11.4 Å². The van der Waals surface area contributed by atoms with Crippen molar-refractivity contribution in [2.75, 3.05) is 12.3 Å². The van der Waals surface area contributed by atoms with Crippen molar-refractivity contribution in [3.8, 4) is 0 Å². The molecule has 1 unspecified atom stereocenters. The van der Waals surface area contributed by atoms with E-state index in [1.807, 2.05) is 36.0 Å². The molecule has 1 amide bonds. The minimum atomic E-state index is -0.275. The average molecular weight is 390 g/mol. The van der Waals surface area contributed by atoms with Crippen molar-refractivity contribution in [3.63, 3.8) is 0 Å². The van der Waals surface area contributed by atoms with Crippen molar-refractivity contribution >= 4 is 29.0 Å². The zero-order valence-corrected chi connectivity index (χ0v) is 16.2. The molecule has 1 aromatic carbocycles. The molecule has 1 atom stereocenters. The molecule has 0 aliphatic rings. The Labute approximate surface area is 160 Å². The zero-order chi connectivity index (χ0) is 18.5. The smallest absolute Gasteiger partial charge is 0.230 e. The van der Waals surface area contributed by atoms with E-state index in [-0.39, 0.29) is 17.8 Å². The molecule has 0 bridgehead atoms. The van der Waals surface area contributed by atoms with Gasteiger partial charge in [0, 0.05) is 22.0 Å². The van der Waals surface area contributed by atoms with Crippen LogP contribution in [0.1, 0.15) is 22.3 Å². The molecule has 0 fully saturated rings. The van der Waals surface area contributed by atoms with Gasteiger partial charge >= 0.3 is 0 Å². The normalized spacial score (nSPS) is 12.1. The van der Waals surface area contributed by atoms with Crippen LogP contribution in [0, 0.1) is 19.7 Å². The molecule has 0 radical (unpaired) electrons. The molecule has 0 spiro atoms. The lowest BCUT2D eigenvalue weighted by atomic mass is 10.2. The lowest BCUT2D eigenvalue weighted by molar-refractivity contribution is -0.118. The summed E-state index contributed by atoms with van der Waals surface area (Å²) in [5, 5.41) is 9.61. The molecule has 0 saturated heterocycles. The van der Waals surface area contributed by atoms with E-state index in [9.17, 15) is 9.18 Å². The van der Waals surface area contributed by atoms with E-state index in [0.29, 0.717) is 12.3 Å². The van der Waals surface area contributed by atoms with Crippen molar-refractivity contribution in [3.05, 3.63) is 69.9 Å². The lowest BCUT2D eigenvalue weighted by Crippen LogP contribution is -2.32. The van der Waals surface area contributed by atoms with Crippen LogP contribution in [0.2, 0.25) is 0 Å². The largest absolute Gasteiger partial charge is 0.353 e. The number of carbonyl (C=O) groups excluding carboxylic acids is 1. The van der Waals surface area contributed by atoms with Gasteiger partial charge in [-0.15, -0.1) is 23.1 Å². The second-order valence-corrected chi connectivity index (χ2v) is 7.98. The number of amides is 1. The van der Waals surface area contributed by atoms with Gasteiger partial charge in [-0.2, -0.15) is 5.10 Å². The molecule has 136 valence electrons. The highest BCUT2D eigenvalue weighted by Crippen LogP contribution is 2.24. The number of nitrogens with zero attached hydrogens (tertiary/aromatic N) is 2.